The third-order valence-corrected chi connectivity index (χ3v) is 11.2. The fourth-order valence-electron chi connectivity index (χ4n) is 7.94. The molecule has 3 aliphatic rings. The zero-order chi connectivity index (χ0) is 38.5. The molecule has 1 aliphatic carbocycles. The van der Waals surface area contributed by atoms with Crippen LogP contribution in [0.15, 0.2) is 108 Å². The Bertz CT molecular complexity index is 2240. The first-order valence-electron chi connectivity index (χ1n) is 18.2. The first kappa shape index (κ1) is 36.2. The van der Waals surface area contributed by atoms with E-state index in [0.717, 1.165) is 17.5 Å². The lowest BCUT2D eigenvalue weighted by molar-refractivity contribution is -0.123. The van der Waals surface area contributed by atoms with Gasteiger partial charge in [0.2, 0.25) is 0 Å². The molecule has 3 unspecified atom stereocenters. The van der Waals surface area contributed by atoms with Crippen LogP contribution >= 0.6 is 0 Å². The Morgan fingerprint density at radius 1 is 0.685 bits per heavy atom. The minimum atomic E-state index is -0.884. The highest BCUT2D eigenvalue weighted by molar-refractivity contribution is 6.32. The van der Waals surface area contributed by atoms with Crippen LogP contribution in [0.5, 0.6) is 23.0 Å². The van der Waals surface area contributed by atoms with Gasteiger partial charge in [0.15, 0.2) is 0 Å². The van der Waals surface area contributed by atoms with Crippen molar-refractivity contribution in [2.45, 2.75) is 53.9 Å². The number of benzene rings is 4. The Balaban J connectivity index is 1.15. The van der Waals surface area contributed by atoms with E-state index < -0.39 is 35.0 Å². The van der Waals surface area contributed by atoms with Gasteiger partial charge in [-0.1, -0.05) is 20.8 Å². The van der Waals surface area contributed by atoms with Gasteiger partial charge in [0.05, 0.1) is 11.4 Å². The zero-order valence-corrected chi connectivity index (χ0v) is 31.1. The van der Waals surface area contributed by atoms with Gasteiger partial charge in [-0.25, -0.2) is 9.80 Å². The Hall–Kier alpha value is -6.16. The van der Waals surface area contributed by atoms with Gasteiger partial charge in [-0.05, 0) is 147 Å². The fourth-order valence-corrected chi connectivity index (χ4v) is 7.94. The molecule has 0 spiro atoms. The molecule has 4 aromatic carbocycles. The van der Waals surface area contributed by atoms with Crippen molar-refractivity contribution in [3.8, 4) is 23.0 Å². The second kappa shape index (κ2) is 14.0. The van der Waals surface area contributed by atoms with Crippen LogP contribution in [0, 0.1) is 37.0 Å². The molecule has 276 valence electrons. The minimum Gasteiger partial charge on any atom is -0.457 e. The van der Waals surface area contributed by atoms with Crippen LogP contribution in [0.1, 0.15) is 51.2 Å². The number of nitrogen functional groups attached to an aromatic ring is 2. The molecule has 4 amide bonds. The number of carbonyl (C=O) groups is 4. The predicted molar refractivity (Wildman–Crippen MR) is 209 cm³/mol. The summed E-state index contributed by atoms with van der Waals surface area (Å²) in [5, 5.41) is 0. The van der Waals surface area contributed by atoms with Crippen LogP contribution in [-0.4, -0.2) is 23.6 Å². The Kier molecular flexibility index (Phi) is 9.39. The molecule has 4 N–H and O–H groups in total. The van der Waals surface area contributed by atoms with E-state index in [1.54, 1.807) is 84.9 Å². The molecule has 0 bridgehead atoms. The number of nitrogens with two attached hydrogens (primary N) is 2. The van der Waals surface area contributed by atoms with Crippen LogP contribution in [-0.2, 0) is 19.2 Å². The van der Waals surface area contributed by atoms with E-state index in [2.05, 4.69) is 13.8 Å². The van der Waals surface area contributed by atoms with E-state index in [-0.39, 0.29) is 5.92 Å². The minimum absolute atomic E-state index is 0.257. The first-order valence-corrected chi connectivity index (χ1v) is 18.2. The molecule has 10 nitrogen and oxygen atoms in total. The molecule has 0 radical (unpaired) electrons. The van der Waals surface area contributed by atoms with E-state index in [1.165, 1.54) is 22.0 Å². The van der Waals surface area contributed by atoms with Crippen molar-refractivity contribution < 1.29 is 28.7 Å². The Morgan fingerprint density at radius 3 is 1.65 bits per heavy atom. The van der Waals surface area contributed by atoms with Crippen LogP contribution in [0.4, 0.5) is 22.7 Å². The number of rotatable bonds is 9. The average Bonchev–Trinajstić information content (AvgIpc) is 3.61. The number of aryl methyl sites for hydroxylation is 2. The maximum atomic E-state index is 14.4. The summed E-state index contributed by atoms with van der Waals surface area (Å²) < 4.78 is 12.1. The monoisotopic (exact) mass is 724 g/mol. The molecule has 1 saturated carbocycles. The molecular formula is C44H44N4O6. The van der Waals surface area contributed by atoms with Gasteiger partial charge in [-0.3, -0.25) is 19.2 Å². The summed E-state index contributed by atoms with van der Waals surface area (Å²) in [6.45, 7) is 9.96. The van der Waals surface area contributed by atoms with Gasteiger partial charge in [0, 0.05) is 40.1 Å². The lowest BCUT2D eigenvalue weighted by Crippen LogP contribution is -2.44. The molecule has 0 aromatic heterocycles. The highest BCUT2D eigenvalue weighted by Gasteiger charge is 2.53. The van der Waals surface area contributed by atoms with E-state index >= 15 is 0 Å². The predicted octanol–water partition coefficient (Wildman–Crippen LogP) is 8.43. The second-order valence-electron chi connectivity index (χ2n) is 15.1. The van der Waals surface area contributed by atoms with Crippen molar-refractivity contribution >= 4 is 46.4 Å². The van der Waals surface area contributed by atoms with Gasteiger partial charge < -0.3 is 20.9 Å². The van der Waals surface area contributed by atoms with E-state index in [1.807, 2.05) is 20.8 Å². The lowest BCUT2D eigenvalue weighted by Gasteiger charge is -2.46. The quantitative estimate of drug-likeness (QED) is 0.129. The molecule has 2 aliphatic heterocycles. The zero-order valence-electron chi connectivity index (χ0n) is 31.1. The standard InChI is InChI=1S/C44H44N4O6/c1-25(2)28-18-19-44(5,37-24-41(50)48(43(37)52)32-11-17-39(27(4)21-32)54-34-14-8-30(46)9-15-34)36(22-28)35-23-40(49)47(42(35)51)31-10-16-38(26(3)20-31)53-33-12-6-29(45)7-13-33/h6-17,20-21,23-25,28,36H,18-19,22,45-46H2,1-5H3. The van der Waals surface area contributed by atoms with Crippen LogP contribution in [0.25, 0.3) is 0 Å². The number of nitrogens with zero attached hydrogens (tertiary/aromatic N) is 2. The van der Waals surface area contributed by atoms with Gasteiger partial charge in [0.1, 0.15) is 23.0 Å². The maximum absolute atomic E-state index is 14.4. The van der Waals surface area contributed by atoms with Crippen molar-refractivity contribution in [2.75, 3.05) is 21.3 Å². The number of anilines is 4. The highest BCUT2D eigenvalue weighted by atomic mass is 16.5. The number of ether oxygens (including phenoxy) is 2. The number of hydrogen-bond acceptors (Lipinski definition) is 8. The third kappa shape index (κ3) is 6.64. The summed E-state index contributed by atoms with van der Waals surface area (Å²) in [5.74, 6) is 0.727. The molecule has 1 fully saturated rings. The molecular weight excluding hydrogens is 681 g/mol. The number of carbonyl (C=O) groups excluding carboxylic acids is 4. The first-order chi connectivity index (χ1) is 25.7. The maximum Gasteiger partial charge on any atom is 0.262 e. The van der Waals surface area contributed by atoms with Crippen LogP contribution in [0.2, 0.25) is 0 Å². The third-order valence-electron chi connectivity index (χ3n) is 11.2. The molecule has 10 heteroatoms. The number of amides is 4. The number of hydrogen-bond donors (Lipinski definition) is 2. The highest BCUT2D eigenvalue weighted by Crippen LogP contribution is 2.55. The fraction of sp³-hybridized carbons (Fsp3) is 0.273. The van der Waals surface area contributed by atoms with Crippen molar-refractivity contribution in [3.63, 3.8) is 0 Å². The number of imide groups is 2. The average molecular weight is 725 g/mol. The molecule has 3 atom stereocenters. The van der Waals surface area contributed by atoms with Crippen LogP contribution < -0.4 is 30.7 Å². The smallest absolute Gasteiger partial charge is 0.262 e. The summed E-state index contributed by atoms with van der Waals surface area (Å²) in [7, 11) is 0. The molecule has 2 heterocycles. The van der Waals surface area contributed by atoms with Gasteiger partial charge in [-0.15, -0.1) is 0 Å². The van der Waals surface area contributed by atoms with Crippen LogP contribution in [0.3, 0.4) is 0 Å². The molecule has 7 rings (SSSR count). The molecule has 54 heavy (non-hydrogen) atoms. The normalized spacial score (nSPS) is 21.5. The molecule has 0 saturated heterocycles. The van der Waals surface area contributed by atoms with Crippen molar-refractivity contribution in [3.05, 3.63) is 119 Å². The van der Waals surface area contributed by atoms with Gasteiger partial charge in [0.25, 0.3) is 23.6 Å². The van der Waals surface area contributed by atoms with Crippen molar-refractivity contribution in [2.24, 2.45) is 23.2 Å². The summed E-state index contributed by atoms with van der Waals surface area (Å²) in [5.41, 5.74) is 15.0. The summed E-state index contributed by atoms with van der Waals surface area (Å²) >= 11 is 0. The Morgan fingerprint density at radius 2 is 1.17 bits per heavy atom. The SMILES string of the molecule is Cc1cc(N2C(=O)C=C(C3CC(C(C)C)CCC3(C)C3=CC(=O)N(c4ccc(Oc5ccc(N)cc5)c(C)c4)C3=O)C2=O)ccc1Oc1ccc(N)cc1. The summed E-state index contributed by atoms with van der Waals surface area (Å²) in [4.78, 5) is 58.4. The topological polar surface area (TPSA) is 145 Å². The lowest BCUT2D eigenvalue weighted by atomic mass is 9.57. The van der Waals surface area contributed by atoms with Crippen molar-refractivity contribution in [1.82, 2.24) is 0 Å². The summed E-state index contributed by atoms with van der Waals surface area (Å²) in [6, 6.07) is 24.4. The van der Waals surface area contributed by atoms with Gasteiger partial charge in [-0.2, -0.15) is 0 Å². The van der Waals surface area contributed by atoms with E-state index in [9.17, 15) is 19.2 Å². The van der Waals surface area contributed by atoms with Gasteiger partial charge >= 0.3 is 0 Å². The largest absolute Gasteiger partial charge is 0.457 e. The summed E-state index contributed by atoms with van der Waals surface area (Å²) in [6.07, 6.45) is 4.82. The van der Waals surface area contributed by atoms with E-state index in [0.29, 0.717) is 75.7 Å². The molecule has 4 aromatic rings. The second-order valence-corrected chi connectivity index (χ2v) is 15.1. The van der Waals surface area contributed by atoms with Crippen molar-refractivity contribution in [1.29, 1.82) is 0 Å². The van der Waals surface area contributed by atoms with E-state index in [4.69, 9.17) is 20.9 Å². The Labute approximate surface area is 315 Å².